The summed E-state index contributed by atoms with van der Waals surface area (Å²) in [6.07, 6.45) is 1.81. The molecule has 0 radical (unpaired) electrons. The molecule has 0 aliphatic heterocycles. The van der Waals surface area contributed by atoms with Crippen LogP contribution in [-0.4, -0.2) is 29.5 Å². The van der Waals surface area contributed by atoms with Crippen LogP contribution in [-0.2, 0) is 0 Å². The maximum absolute atomic E-state index is 5.05. The average Bonchev–Trinajstić information content (AvgIpc) is 3.66. The Morgan fingerprint density at radius 3 is 1.69 bits per heavy atom. The monoisotopic (exact) mass is 704 g/mol. The second kappa shape index (κ2) is 13.8. The molecule has 0 aliphatic rings. The quantitative estimate of drug-likeness (QED) is 0.165. The molecule has 3 aromatic heterocycles. The largest absolute Gasteiger partial charge is 0.290 e. The van der Waals surface area contributed by atoms with Gasteiger partial charge in [0.25, 0.3) is 0 Å². The average molecular weight is 705 g/mol. The lowest BCUT2D eigenvalue weighted by molar-refractivity contribution is 1.07. The van der Waals surface area contributed by atoms with E-state index in [9.17, 15) is 0 Å². The van der Waals surface area contributed by atoms with Crippen LogP contribution in [0.5, 0.6) is 0 Å². The molecule has 0 saturated carbocycles. The van der Waals surface area contributed by atoms with E-state index < -0.39 is 0 Å². The third-order valence-electron chi connectivity index (χ3n) is 9.95. The molecule has 7 aromatic carbocycles. The van der Waals surface area contributed by atoms with E-state index in [1.807, 2.05) is 66.9 Å². The first kappa shape index (κ1) is 32.1. The summed E-state index contributed by atoms with van der Waals surface area (Å²) in [4.78, 5) is 24.7. The van der Waals surface area contributed by atoms with Gasteiger partial charge in [0.2, 0.25) is 0 Å². The van der Waals surface area contributed by atoms with Crippen LogP contribution in [0.15, 0.2) is 194 Å². The Bertz CT molecular complexity index is 2960. The SMILES string of the molecule is c1ccc(-c2cccc(-c3nc(-c4ccccc4)nc(-c4ccc(-c5ccc(-n6c(-c7ccccn7)nc7ccccc76)c6ccccc56)cc4)n3)c2)cc1. The molecule has 0 N–H and O–H groups in total. The highest BCUT2D eigenvalue weighted by atomic mass is 15.1. The molecule has 258 valence electrons. The minimum atomic E-state index is 0.620. The summed E-state index contributed by atoms with van der Waals surface area (Å²) in [6, 6.07) is 64.5. The van der Waals surface area contributed by atoms with Gasteiger partial charge in [-0.15, -0.1) is 0 Å². The van der Waals surface area contributed by atoms with Crippen molar-refractivity contribution in [3.8, 4) is 73.6 Å². The number of imidazole rings is 1. The molecule has 3 heterocycles. The van der Waals surface area contributed by atoms with E-state index in [1.54, 1.807) is 0 Å². The van der Waals surface area contributed by atoms with Crippen molar-refractivity contribution in [1.82, 2.24) is 29.5 Å². The predicted octanol–water partition coefficient (Wildman–Crippen LogP) is 11.8. The summed E-state index contributed by atoms with van der Waals surface area (Å²) in [5, 5.41) is 2.27. The van der Waals surface area contributed by atoms with Gasteiger partial charge in [-0.25, -0.2) is 19.9 Å². The van der Waals surface area contributed by atoms with E-state index in [2.05, 4.69) is 137 Å². The molecule has 10 rings (SSSR count). The van der Waals surface area contributed by atoms with Crippen molar-refractivity contribution in [3.05, 3.63) is 194 Å². The molecule has 10 aromatic rings. The number of hydrogen-bond donors (Lipinski definition) is 0. The van der Waals surface area contributed by atoms with Gasteiger partial charge in [0, 0.05) is 28.3 Å². The number of aromatic nitrogens is 6. The minimum absolute atomic E-state index is 0.620. The molecule has 6 nitrogen and oxygen atoms in total. The molecule has 0 aliphatic carbocycles. The van der Waals surface area contributed by atoms with Crippen molar-refractivity contribution >= 4 is 21.8 Å². The van der Waals surface area contributed by atoms with Gasteiger partial charge < -0.3 is 0 Å². The first-order valence-electron chi connectivity index (χ1n) is 18.3. The van der Waals surface area contributed by atoms with Crippen molar-refractivity contribution < 1.29 is 0 Å². The van der Waals surface area contributed by atoms with E-state index in [-0.39, 0.29) is 0 Å². The molecule has 0 saturated heterocycles. The zero-order valence-corrected chi connectivity index (χ0v) is 29.7. The second-order valence-electron chi connectivity index (χ2n) is 13.3. The van der Waals surface area contributed by atoms with Crippen molar-refractivity contribution in [2.75, 3.05) is 0 Å². The molecule has 55 heavy (non-hydrogen) atoms. The number of benzene rings is 7. The summed E-state index contributed by atoms with van der Waals surface area (Å²) in [5.74, 6) is 2.69. The minimum Gasteiger partial charge on any atom is -0.290 e. The van der Waals surface area contributed by atoms with Crippen LogP contribution >= 0.6 is 0 Å². The van der Waals surface area contributed by atoms with E-state index in [0.29, 0.717) is 17.5 Å². The maximum Gasteiger partial charge on any atom is 0.164 e. The number of nitrogens with zero attached hydrogens (tertiary/aromatic N) is 6. The molecule has 0 unspecified atom stereocenters. The van der Waals surface area contributed by atoms with Crippen LogP contribution in [0.1, 0.15) is 0 Å². The second-order valence-corrected chi connectivity index (χ2v) is 13.3. The number of hydrogen-bond acceptors (Lipinski definition) is 5. The zero-order chi connectivity index (χ0) is 36.6. The van der Waals surface area contributed by atoms with Crippen molar-refractivity contribution in [3.63, 3.8) is 0 Å². The first-order valence-corrected chi connectivity index (χ1v) is 18.3. The highest BCUT2D eigenvalue weighted by molar-refractivity contribution is 6.02. The number of pyridine rings is 1. The predicted molar refractivity (Wildman–Crippen MR) is 222 cm³/mol. The van der Waals surface area contributed by atoms with Gasteiger partial charge in [0.05, 0.1) is 16.7 Å². The summed E-state index contributed by atoms with van der Waals surface area (Å²) in [7, 11) is 0. The standard InChI is InChI=1S/C49H32N6/c1-3-14-33(15-4-1)37-18-13-19-38(32-37)48-53-46(35-16-5-2-6-17-35)52-47(54-48)36-27-25-34(26-28-36)39-29-30-44(41-21-8-7-20-40(39)41)55-45-24-10-9-22-42(45)51-49(55)43-23-11-12-31-50-43/h1-32H. The number of para-hydroxylation sites is 2. The lowest BCUT2D eigenvalue weighted by Crippen LogP contribution is -2.01. The van der Waals surface area contributed by atoms with Crippen molar-refractivity contribution in [1.29, 1.82) is 0 Å². The van der Waals surface area contributed by atoms with Gasteiger partial charge in [-0.3, -0.25) is 9.55 Å². The molecule has 0 fully saturated rings. The highest BCUT2D eigenvalue weighted by Gasteiger charge is 2.19. The van der Waals surface area contributed by atoms with E-state index in [1.165, 1.54) is 0 Å². The van der Waals surface area contributed by atoms with Crippen LogP contribution < -0.4 is 0 Å². The van der Waals surface area contributed by atoms with Crippen molar-refractivity contribution in [2.45, 2.75) is 0 Å². The van der Waals surface area contributed by atoms with Gasteiger partial charge >= 0.3 is 0 Å². The molecular formula is C49H32N6. The fraction of sp³-hybridized carbons (Fsp3) is 0. The Kier molecular flexibility index (Phi) is 8.04. The molecule has 0 bridgehead atoms. The van der Waals surface area contributed by atoms with Crippen LogP contribution in [0, 0.1) is 0 Å². The van der Waals surface area contributed by atoms with Gasteiger partial charge in [0.15, 0.2) is 23.3 Å². The Hall–Kier alpha value is -7.57. The maximum atomic E-state index is 5.05. The van der Waals surface area contributed by atoms with Gasteiger partial charge in [-0.2, -0.15) is 0 Å². The number of fused-ring (bicyclic) bond motifs is 2. The smallest absolute Gasteiger partial charge is 0.164 e. The lowest BCUT2D eigenvalue weighted by atomic mass is 9.96. The molecule has 0 atom stereocenters. The van der Waals surface area contributed by atoms with Crippen LogP contribution in [0.25, 0.3) is 95.4 Å². The third-order valence-corrected chi connectivity index (χ3v) is 9.95. The van der Waals surface area contributed by atoms with E-state index in [4.69, 9.17) is 19.9 Å². The summed E-state index contributed by atoms with van der Waals surface area (Å²) in [5.41, 5.74) is 11.1. The summed E-state index contributed by atoms with van der Waals surface area (Å²) < 4.78 is 2.23. The Labute approximate surface area is 318 Å². The van der Waals surface area contributed by atoms with E-state index in [0.717, 1.165) is 78.0 Å². The van der Waals surface area contributed by atoms with Gasteiger partial charge in [-0.1, -0.05) is 152 Å². The normalized spacial score (nSPS) is 11.3. The molecular weight excluding hydrogens is 673 g/mol. The third kappa shape index (κ3) is 6.02. The fourth-order valence-corrected chi connectivity index (χ4v) is 7.28. The molecule has 0 amide bonds. The molecule has 6 heteroatoms. The topological polar surface area (TPSA) is 69.4 Å². The number of rotatable bonds is 7. The first-order chi connectivity index (χ1) is 27.3. The van der Waals surface area contributed by atoms with Crippen LogP contribution in [0.2, 0.25) is 0 Å². The molecule has 0 spiro atoms. The highest BCUT2D eigenvalue weighted by Crippen LogP contribution is 2.37. The van der Waals surface area contributed by atoms with E-state index >= 15 is 0 Å². The van der Waals surface area contributed by atoms with Gasteiger partial charge in [0.1, 0.15) is 5.69 Å². The van der Waals surface area contributed by atoms with Crippen LogP contribution in [0.4, 0.5) is 0 Å². The Morgan fingerprint density at radius 1 is 0.364 bits per heavy atom. The van der Waals surface area contributed by atoms with Gasteiger partial charge in [-0.05, 0) is 64.0 Å². The fourth-order valence-electron chi connectivity index (χ4n) is 7.28. The summed E-state index contributed by atoms with van der Waals surface area (Å²) >= 11 is 0. The Balaban J connectivity index is 1.06. The lowest BCUT2D eigenvalue weighted by Gasteiger charge is -2.15. The van der Waals surface area contributed by atoms with Crippen LogP contribution in [0.3, 0.4) is 0 Å². The van der Waals surface area contributed by atoms with Crippen molar-refractivity contribution in [2.24, 2.45) is 0 Å². The zero-order valence-electron chi connectivity index (χ0n) is 29.7. The summed E-state index contributed by atoms with van der Waals surface area (Å²) in [6.45, 7) is 0. The Morgan fingerprint density at radius 2 is 0.945 bits per heavy atom.